The normalized spacial score (nSPS) is 10.5. The molecule has 15 heavy (non-hydrogen) atoms. The lowest BCUT2D eigenvalue weighted by molar-refractivity contribution is 0.672. The maximum Gasteiger partial charge on any atom is 0.122 e. The average Bonchev–Trinajstić information content (AvgIpc) is 2.61. The van der Waals surface area contributed by atoms with Crippen molar-refractivity contribution in [3.8, 4) is 11.3 Å². The van der Waals surface area contributed by atoms with Crippen LogP contribution in [0.4, 0.5) is 5.82 Å². The van der Waals surface area contributed by atoms with Crippen molar-refractivity contribution in [2.24, 2.45) is 0 Å². The molecule has 0 aliphatic heterocycles. The van der Waals surface area contributed by atoms with Crippen molar-refractivity contribution in [2.45, 2.75) is 13.5 Å². The Morgan fingerprint density at radius 3 is 2.53 bits per heavy atom. The Kier molecular flexibility index (Phi) is 2.64. The second kappa shape index (κ2) is 3.95. The molecule has 0 saturated carbocycles. The van der Waals surface area contributed by atoms with E-state index in [1.165, 1.54) is 0 Å². The zero-order valence-electron chi connectivity index (χ0n) is 8.44. The number of aromatic nitrogens is 2. The predicted octanol–water partition coefficient (Wildman–Crippen LogP) is 2.81. The van der Waals surface area contributed by atoms with Gasteiger partial charge < -0.3 is 5.73 Å². The van der Waals surface area contributed by atoms with Gasteiger partial charge in [0.2, 0.25) is 0 Å². The lowest BCUT2D eigenvalue weighted by Crippen LogP contribution is -2.01. The third kappa shape index (κ3) is 1.97. The van der Waals surface area contributed by atoms with E-state index in [2.05, 4.69) is 5.10 Å². The molecule has 2 aromatic rings. The van der Waals surface area contributed by atoms with E-state index in [9.17, 15) is 0 Å². The van der Waals surface area contributed by atoms with Crippen molar-refractivity contribution in [3.05, 3.63) is 35.4 Å². The lowest BCUT2D eigenvalue weighted by Gasteiger charge is -1.97. The monoisotopic (exact) mass is 221 g/mol. The average molecular weight is 222 g/mol. The zero-order chi connectivity index (χ0) is 10.8. The molecule has 0 unspecified atom stereocenters. The van der Waals surface area contributed by atoms with E-state index in [0.29, 0.717) is 5.82 Å². The lowest BCUT2D eigenvalue weighted by atomic mass is 10.1. The number of benzene rings is 1. The Morgan fingerprint density at radius 1 is 1.33 bits per heavy atom. The molecule has 0 spiro atoms. The molecule has 0 fully saturated rings. The van der Waals surface area contributed by atoms with Crippen LogP contribution < -0.4 is 5.73 Å². The smallest absolute Gasteiger partial charge is 0.122 e. The number of anilines is 1. The van der Waals surface area contributed by atoms with Gasteiger partial charge in [0.15, 0.2) is 0 Å². The van der Waals surface area contributed by atoms with E-state index in [1.54, 1.807) is 4.68 Å². The minimum Gasteiger partial charge on any atom is -0.384 e. The van der Waals surface area contributed by atoms with Crippen LogP contribution in [0.2, 0.25) is 5.02 Å². The van der Waals surface area contributed by atoms with Gasteiger partial charge in [-0.2, -0.15) is 5.10 Å². The van der Waals surface area contributed by atoms with Crippen molar-refractivity contribution in [1.29, 1.82) is 0 Å². The summed E-state index contributed by atoms with van der Waals surface area (Å²) < 4.78 is 1.77. The van der Waals surface area contributed by atoms with Crippen LogP contribution in [0.3, 0.4) is 0 Å². The van der Waals surface area contributed by atoms with Gasteiger partial charge in [0, 0.05) is 23.2 Å². The summed E-state index contributed by atoms with van der Waals surface area (Å²) in [6, 6.07) is 9.43. The van der Waals surface area contributed by atoms with E-state index in [-0.39, 0.29) is 0 Å². The summed E-state index contributed by atoms with van der Waals surface area (Å²) in [4.78, 5) is 0. The van der Waals surface area contributed by atoms with E-state index >= 15 is 0 Å². The fraction of sp³-hybridized carbons (Fsp3) is 0.182. The highest BCUT2D eigenvalue weighted by Crippen LogP contribution is 2.22. The molecule has 2 rings (SSSR count). The van der Waals surface area contributed by atoms with Crippen LogP contribution in [-0.2, 0) is 6.54 Å². The van der Waals surface area contributed by atoms with E-state index in [1.807, 2.05) is 37.3 Å². The molecule has 0 saturated heterocycles. The third-order valence-corrected chi connectivity index (χ3v) is 2.50. The Labute approximate surface area is 93.5 Å². The first-order valence-corrected chi connectivity index (χ1v) is 5.17. The summed E-state index contributed by atoms with van der Waals surface area (Å²) in [7, 11) is 0. The van der Waals surface area contributed by atoms with Crippen LogP contribution >= 0.6 is 11.6 Å². The molecule has 0 atom stereocenters. The van der Waals surface area contributed by atoms with Crippen molar-refractivity contribution in [3.63, 3.8) is 0 Å². The van der Waals surface area contributed by atoms with Gasteiger partial charge in [-0.05, 0) is 19.1 Å². The molecule has 3 nitrogen and oxygen atoms in total. The third-order valence-electron chi connectivity index (χ3n) is 2.25. The second-order valence-electron chi connectivity index (χ2n) is 3.28. The summed E-state index contributed by atoms with van der Waals surface area (Å²) in [6.45, 7) is 2.79. The summed E-state index contributed by atoms with van der Waals surface area (Å²) >= 11 is 5.81. The molecule has 0 bridgehead atoms. The first-order chi connectivity index (χ1) is 7.20. The number of aryl methyl sites for hydroxylation is 1. The van der Waals surface area contributed by atoms with Crippen LogP contribution in [-0.4, -0.2) is 9.78 Å². The molecule has 1 aromatic heterocycles. The van der Waals surface area contributed by atoms with Gasteiger partial charge >= 0.3 is 0 Å². The number of rotatable bonds is 2. The van der Waals surface area contributed by atoms with Gasteiger partial charge in [-0.1, -0.05) is 23.7 Å². The zero-order valence-corrected chi connectivity index (χ0v) is 9.20. The van der Waals surface area contributed by atoms with Gasteiger partial charge in [0.1, 0.15) is 5.82 Å². The summed E-state index contributed by atoms with van der Waals surface area (Å²) in [5.41, 5.74) is 7.70. The molecular formula is C11H12ClN3. The van der Waals surface area contributed by atoms with Crippen LogP contribution in [0, 0.1) is 0 Å². The number of nitrogen functional groups attached to an aromatic ring is 1. The number of halogens is 1. The Bertz CT molecular complexity index is 459. The van der Waals surface area contributed by atoms with Gasteiger partial charge in [0.05, 0.1) is 5.69 Å². The molecule has 0 aliphatic rings. The highest BCUT2D eigenvalue weighted by molar-refractivity contribution is 6.30. The molecule has 0 radical (unpaired) electrons. The van der Waals surface area contributed by atoms with Crippen molar-refractivity contribution in [1.82, 2.24) is 9.78 Å². The van der Waals surface area contributed by atoms with Gasteiger partial charge in [0.25, 0.3) is 0 Å². The Hall–Kier alpha value is -1.48. The molecule has 0 aliphatic carbocycles. The maximum atomic E-state index is 5.81. The summed E-state index contributed by atoms with van der Waals surface area (Å²) in [6.07, 6.45) is 0. The van der Waals surface area contributed by atoms with Crippen LogP contribution in [0.5, 0.6) is 0 Å². The molecule has 4 heteroatoms. The number of nitrogens with two attached hydrogens (primary N) is 1. The van der Waals surface area contributed by atoms with Crippen LogP contribution in [0.25, 0.3) is 11.3 Å². The number of nitrogens with zero attached hydrogens (tertiary/aromatic N) is 2. The predicted molar refractivity (Wildman–Crippen MR) is 62.8 cm³/mol. The van der Waals surface area contributed by atoms with Gasteiger partial charge in [-0.3, -0.25) is 0 Å². The highest BCUT2D eigenvalue weighted by Gasteiger charge is 2.05. The topological polar surface area (TPSA) is 43.8 Å². The van der Waals surface area contributed by atoms with Crippen LogP contribution in [0.15, 0.2) is 30.3 Å². The van der Waals surface area contributed by atoms with E-state index < -0.39 is 0 Å². The van der Waals surface area contributed by atoms with E-state index in [0.717, 1.165) is 22.8 Å². The minimum atomic E-state index is 0.683. The van der Waals surface area contributed by atoms with Crippen molar-refractivity contribution < 1.29 is 0 Å². The van der Waals surface area contributed by atoms with Crippen LogP contribution in [0.1, 0.15) is 6.92 Å². The number of hydrogen-bond donors (Lipinski definition) is 1. The standard InChI is InChI=1S/C11H12ClN3/c1-2-15-11(13)7-10(14-15)8-3-5-9(12)6-4-8/h3-7H,2,13H2,1H3. The molecule has 78 valence electrons. The second-order valence-corrected chi connectivity index (χ2v) is 3.71. The summed E-state index contributed by atoms with van der Waals surface area (Å²) in [5, 5.41) is 5.10. The fourth-order valence-electron chi connectivity index (χ4n) is 1.45. The maximum absolute atomic E-state index is 5.81. The van der Waals surface area contributed by atoms with E-state index in [4.69, 9.17) is 17.3 Å². The molecule has 1 aromatic carbocycles. The quantitative estimate of drug-likeness (QED) is 0.848. The Morgan fingerprint density at radius 2 is 2.00 bits per heavy atom. The molecule has 1 heterocycles. The first-order valence-electron chi connectivity index (χ1n) is 4.80. The van der Waals surface area contributed by atoms with Crippen molar-refractivity contribution >= 4 is 17.4 Å². The molecular weight excluding hydrogens is 210 g/mol. The molecule has 0 amide bonds. The largest absolute Gasteiger partial charge is 0.384 e. The molecule has 2 N–H and O–H groups in total. The highest BCUT2D eigenvalue weighted by atomic mass is 35.5. The van der Waals surface area contributed by atoms with Crippen molar-refractivity contribution in [2.75, 3.05) is 5.73 Å². The number of hydrogen-bond acceptors (Lipinski definition) is 2. The van der Waals surface area contributed by atoms with Gasteiger partial charge in [-0.15, -0.1) is 0 Å². The minimum absolute atomic E-state index is 0.683. The Balaban J connectivity index is 2.41. The summed E-state index contributed by atoms with van der Waals surface area (Å²) in [5.74, 6) is 0.683. The SMILES string of the molecule is CCn1nc(-c2ccc(Cl)cc2)cc1N. The first kappa shape index (κ1) is 10.1. The fourth-order valence-corrected chi connectivity index (χ4v) is 1.57. The van der Waals surface area contributed by atoms with Gasteiger partial charge in [-0.25, -0.2) is 4.68 Å².